The molecule has 0 aliphatic carbocycles. The van der Waals surface area contributed by atoms with Crippen LogP contribution in [0.4, 0.5) is 0 Å². The summed E-state index contributed by atoms with van der Waals surface area (Å²) in [4.78, 5) is 9.22. The maximum Gasteiger partial charge on any atom is 0.697 e. The Morgan fingerprint density at radius 3 is 1.96 bits per heavy atom. The number of rotatable bonds is 16. The van der Waals surface area contributed by atoms with Crippen LogP contribution in [0.5, 0.6) is 0 Å². The second-order valence-electron chi connectivity index (χ2n) is 7.15. The van der Waals surface area contributed by atoms with E-state index in [1.165, 1.54) is 32.1 Å². The van der Waals surface area contributed by atoms with Crippen molar-refractivity contribution in [3.63, 3.8) is 0 Å². The SMILES string of the molecule is CCCCC(CC)CCC(C)(OCC(CC)CCCC)O[P+](=O)O. The van der Waals surface area contributed by atoms with Gasteiger partial charge in [-0.05, 0) is 31.6 Å². The lowest BCUT2D eigenvalue weighted by Crippen LogP contribution is -2.33. The molecule has 4 atom stereocenters. The lowest BCUT2D eigenvalue weighted by Gasteiger charge is -2.27. The van der Waals surface area contributed by atoms with E-state index in [4.69, 9.17) is 9.26 Å². The Labute approximate surface area is 150 Å². The number of hydrogen-bond donors (Lipinski definition) is 1. The molecular weight excluding hydrogens is 323 g/mol. The van der Waals surface area contributed by atoms with Crippen molar-refractivity contribution in [3.8, 4) is 0 Å². The zero-order chi connectivity index (χ0) is 18.4. The van der Waals surface area contributed by atoms with Gasteiger partial charge in [-0.3, -0.25) is 0 Å². The van der Waals surface area contributed by atoms with Crippen molar-refractivity contribution in [2.75, 3.05) is 6.61 Å². The fourth-order valence-corrected chi connectivity index (χ4v) is 3.49. The van der Waals surface area contributed by atoms with Gasteiger partial charge >= 0.3 is 8.25 Å². The fraction of sp³-hybridized carbons (Fsp3) is 1.00. The minimum absolute atomic E-state index is 0.492. The molecule has 0 saturated carbocycles. The van der Waals surface area contributed by atoms with Crippen molar-refractivity contribution in [3.05, 3.63) is 0 Å². The summed E-state index contributed by atoms with van der Waals surface area (Å²) in [6, 6.07) is 0. The molecule has 0 radical (unpaired) electrons. The van der Waals surface area contributed by atoms with E-state index in [1.807, 2.05) is 6.92 Å². The number of hydrogen-bond acceptors (Lipinski definition) is 3. The smallest absolute Gasteiger partial charge is 0.346 e. The molecule has 0 aromatic carbocycles. The molecule has 0 heterocycles. The molecule has 5 heteroatoms. The quantitative estimate of drug-likeness (QED) is 0.248. The van der Waals surface area contributed by atoms with Gasteiger partial charge in [0.1, 0.15) is 0 Å². The highest BCUT2D eigenvalue weighted by molar-refractivity contribution is 7.32. The highest BCUT2D eigenvalue weighted by Crippen LogP contribution is 2.34. The van der Waals surface area contributed by atoms with Crippen LogP contribution in [-0.4, -0.2) is 17.3 Å². The Morgan fingerprint density at radius 1 is 0.958 bits per heavy atom. The van der Waals surface area contributed by atoms with Gasteiger partial charge in [-0.1, -0.05) is 77.2 Å². The maximum atomic E-state index is 11.2. The molecule has 0 saturated heterocycles. The van der Waals surface area contributed by atoms with Crippen molar-refractivity contribution >= 4 is 8.25 Å². The summed E-state index contributed by atoms with van der Waals surface area (Å²) in [7, 11) is -2.66. The van der Waals surface area contributed by atoms with Gasteiger partial charge in [-0.25, -0.2) is 0 Å². The number of ether oxygens (including phenoxy) is 1. The normalized spacial score (nSPS) is 17.3. The molecule has 0 amide bonds. The van der Waals surface area contributed by atoms with E-state index in [0.717, 1.165) is 25.7 Å². The third kappa shape index (κ3) is 11.5. The van der Waals surface area contributed by atoms with Crippen LogP contribution >= 0.6 is 8.25 Å². The van der Waals surface area contributed by atoms with Crippen molar-refractivity contribution in [2.24, 2.45) is 11.8 Å². The van der Waals surface area contributed by atoms with E-state index in [9.17, 15) is 9.46 Å². The Hall–Kier alpha value is -0.0200. The summed E-state index contributed by atoms with van der Waals surface area (Å²) in [5, 5.41) is 0. The molecule has 0 aromatic heterocycles. The predicted octanol–water partition coefficient (Wildman–Crippen LogP) is 6.60. The lowest BCUT2D eigenvalue weighted by molar-refractivity contribution is -0.185. The molecule has 0 fully saturated rings. The van der Waals surface area contributed by atoms with Gasteiger partial charge in [-0.2, -0.15) is 0 Å². The maximum absolute atomic E-state index is 11.2. The Morgan fingerprint density at radius 2 is 1.50 bits per heavy atom. The summed E-state index contributed by atoms with van der Waals surface area (Å²) >= 11 is 0. The van der Waals surface area contributed by atoms with Gasteiger partial charge < -0.3 is 4.74 Å². The molecule has 0 spiro atoms. The van der Waals surface area contributed by atoms with Gasteiger partial charge in [0.2, 0.25) is 5.79 Å². The Bertz CT molecular complexity index is 302. The topological polar surface area (TPSA) is 55.8 Å². The van der Waals surface area contributed by atoms with Crippen LogP contribution in [0.3, 0.4) is 0 Å². The summed E-state index contributed by atoms with van der Waals surface area (Å²) in [6.07, 6.45) is 11.0. The van der Waals surface area contributed by atoms with Crippen LogP contribution in [0.1, 0.15) is 98.8 Å². The second kappa shape index (κ2) is 14.2. The van der Waals surface area contributed by atoms with Crippen molar-refractivity contribution < 1.29 is 18.7 Å². The summed E-state index contributed by atoms with van der Waals surface area (Å²) in [5.41, 5.74) is 0. The van der Waals surface area contributed by atoms with Crippen LogP contribution < -0.4 is 0 Å². The minimum atomic E-state index is -2.66. The standard InChI is InChI=1S/C19H39O4P/c1-6-10-12-17(8-3)14-15-19(5,23-24(20)21)22-16-18(9-4)13-11-7-2/h17-18H,6-16H2,1-5H3/p+1. The van der Waals surface area contributed by atoms with E-state index in [1.54, 1.807) is 0 Å². The molecule has 0 rings (SSSR count). The average molecular weight is 363 g/mol. The van der Waals surface area contributed by atoms with Crippen molar-refractivity contribution in [2.45, 2.75) is 105 Å². The molecule has 1 N–H and O–H groups in total. The molecule has 0 bridgehead atoms. The second-order valence-corrected chi connectivity index (χ2v) is 7.80. The van der Waals surface area contributed by atoms with E-state index < -0.39 is 14.0 Å². The van der Waals surface area contributed by atoms with E-state index in [2.05, 4.69) is 27.7 Å². The molecule has 0 aliphatic rings. The largest absolute Gasteiger partial charge is 0.697 e. The number of unbranched alkanes of at least 4 members (excludes halogenated alkanes) is 2. The van der Waals surface area contributed by atoms with E-state index in [-0.39, 0.29) is 0 Å². The van der Waals surface area contributed by atoms with Gasteiger partial charge in [-0.15, -0.1) is 4.89 Å². The molecule has 144 valence electrons. The highest BCUT2D eigenvalue weighted by Gasteiger charge is 2.37. The van der Waals surface area contributed by atoms with Crippen LogP contribution in [-0.2, 0) is 13.8 Å². The van der Waals surface area contributed by atoms with Crippen LogP contribution in [0.2, 0.25) is 0 Å². The minimum Gasteiger partial charge on any atom is -0.346 e. The molecule has 4 nitrogen and oxygen atoms in total. The fourth-order valence-electron chi connectivity index (χ4n) is 3.01. The van der Waals surface area contributed by atoms with Crippen molar-refractivity contribution in [1.82, 2.24) is 0 Å². The van der Waals surface area contributed by atoms with Gasteiger partial charge in [0, 0.05) is 11.0 Å². The molecule has 4 unspecified atom stereocenters. The summed E-state index contributed by atoms with van der Waals surface area (Å²) in [6.45, 7) is 11.2. The van der Waals surface area contributed by atoms with Crippen molar-refractivity contribution in [1.29, 1.82) is 0 Å². The van der Waals surface area contributed by atoms with Crippen LogP contribution in [0.15, 0.2) is 0 Å². The van der Waals surface area contributed by atoms with Crippen LogP contribution in [0, 0.1) is 11.8 Å². The predicted molar refractivity (Wildman–Crippen MR) is 101 cm³/mol. The Kier molecular flexibility index (Phi) is 14.2. The third-order valence-corrected chi connectivity index (χ3v) is 5.53. The first kappa shape index (κ1) is 24.0. The summed E-state index contributed by atoms with van der Waals surface area (Å²) < 4.78 is 22.5. The highest BCUT2D eigenvalue weighted by atomic mass is 31.1. The third-order valence-electron chi connectivity index (χ3n) is 4.99. The van der Waals surface area contributed by atoms with Gasteiger partial charge in [0.25, 0.3) is 0 Å². The summed E-state index contributed by atoms with van der Waals surface area (Å²) in [5.74, 6) is 0.170. The molecule has 24 heavy (non-hydrogen) atoms. The van der Waals surface area contributed by atoms with E-state index in [0.29, 0.717) is 24.9 Å². The zero-order valence-corrected chi connectivity index (χ0v) is 17.4. The van der Waals surface area contributed by atoms with Gasteiger partial charge in [0.05, 0.1) is 6.61 Å². The Balaban J connectivity index is 4.60. The zero-order valence-electron chi connectivity index (χ0n) is 16.6. The first-order valence-electron chi connectivity index (χ1n) is 9.89. The monoisotopic (exact) mass is 363 g/mol. The molecule has 0 aromatic rings. The average Bonchev–Trinajstić information content (AvgIpc) is 2.54. The molecule has 0 aliphatic heterocycles. The molecular formula is C19H40O4P+. The first-order chi connectivity index (χ1) is 11.4. The lowest BCUT2D eigenvalue weighted by atomic mass is 9.92. The first-order valence-corrected chi connectivity index (χ1v) is 11.0. The van der Waals surface area contributed by atoms with E-state index >= 15 is 0 Å². The van der Waals surface area contributed by atoms with Gasteiger partial charge in [0.15, 0.2) is 0 Å². The van der Waals surface area contributed by atoms with Crippen LogP contribution in [0.25, 0.3) is 0 Å².